The van der Waals surface area contributed by atoms with E-state index in [0.717, 1.165) is 39.7 Å². The summed E-state index contributed by atoms with van der Waals surface area (Å²) in [4.78, 5) is 18.0. The van der Waals surface area contributed by atoms with Crippen molar-refractivity contribution in [1.29, 1.82) is 0 Å². The first-order valence-electron chi connectivity index (χ1n) is 13.5. The summed E-state index contributed by atoms with van der Waals surface area (Å²) in [6.45, 7) is 8.02. The van der Waals surface area contributed by atoms with E-state index in [1.54, 1.807) is 6.20 Å². The smallest absolute Gasteiger partial charge is 0.193 e. The zero-order chi connectivity index (χ0) is 28.0. The molecule has 7 heteroatoms. The Balaban J connectivity index is 1.43. The van der Waals surface area contributed by atoms with Gasteiger partial charge in [-0.1, -0.05) is 62.1 Å². The van der Waals surface area contributed by atoms with E-state index in [1.165, 1.54) is 0 Å². The molecule has 0 saturated heterocycles. The first-order chi connectivity index (χ1) is 19.4. The van der Waals surface area contributed by atoms with Gasteiger partial charge in [-0.05, 0) is 66.7 Å². The summed E-state index contributed by atoms with van der Waals surface area (Å²) in [5, 5.41) is 9.16. The second-order valence-corrected chi connectivity index (χ2v) is 16.6. The monoisotopic (exact) mass is 546 g/mol. The normalized spacial score (nSPS) is 11.8. The van der Waals surface area contributed by atoms with Gasteiger partial charge in [-0.25, -0.2) is 4.68 Å². The van der Waals surface area contributed by atoms with Crippen LogP contribution in [0.5, 0.6) is 0 Å². The third-order valence-electron chi connectivity index (χ3n) is 6.54. The summed E-state index contributed by atoms with van der Waals surface area (Å²) >= 11 is 0. The summed E-state index contributed by atoms with van der Waals surface area (Å²) < 4.78 is 7.89. The Bertz CT molecular complexity index is 1620. The molecule has 0 bridgehead atoms. The first kappa shape index (κ1) is 27.2. The number of hydrogen-bond donors (Lipinski definition) is 1. The molecule has 1 N–H and O–H groups in total. The maximum absolute atomic E-state index is 13.6. The molecule has 0 unspecified atom stereocenters. The van der Waals surface area contributed by atoms with Gasteiger partial charge in [0.2, 0.25) is 0 Å². The third kappa shape index (κ3) is 6.99. The molecule has 0 amide bonds. The molecular weight excluding hydrogens is 512 g/mol. The summed E-state index contributed by atoms with van der Waals surface area (Å²) in [5.41, 5.74) is 5.58. The number of fused-ring (bicyclic) bond motifs is 1. The molecule has 0 saturated carbocycles. The molecule has 202 valence electrons. The van der Waals surface area contributed by atoms with Gasteiger partial charge in [-0.15, -0.1) is 0 Å². The number of pyridine rings is 1. The number of carbonyl (C=O) groups excluding carboxylic acids is 1. The van der Waals surface area contributed by atoms with Gasteiger partial charge in [0.15, 0.2) is 5.78 Å². The largest absolute Gasteiger partial charge is 0.360 e. The Kier molecular flexibility index (Phi) is 8.33. The molecule has 2 aromatic heterocycles. The molecule has 0 atom stereocenters. The summed E-state index contributed by atoms with van der Waals surface area (Å²) in [6.07, 6.45) is 5.68. The van der Waals surface area contributed by atoms with Gasteiger partial charge in [0, 0.05) is 48.8 Å². The van der Waals surface area contributed by atoms with E-state index in [4.69, 9.17) is 9.84 Å². The average Bonchev–Trinajstić information content (AvgIpc) is 3.31. The molecular formula is C33H34N4O2Si. The topological polar surface area (TPSA) is 69.0 Å². The Morgan fingerprint density at radius 2 is 1.65 bits per heavy atom. The number of ketones is 1. The predicted octanol–water partition coefficient (Wildman–Crippen LogP) is 7.89. The van der Waals surface area contributed by atoms with Crippen molar-refractivity contribution in [2.45, 2.75) is 32.4 Å². The van der Waals surface area contributed by atoms with Gasteiger partial charge in [-0.2, -0.15) is 5.10 Å². The number of rotatable bonds is 11. The maximum Gasteiger partial charge on any atom is 0.193 e. The van der Waals surface area contributed by atoms with Gasteiger partial charge in [0.25, 0.3) is 0 Å². The standard InChI is InChI=1S/C33H34N4O2Si/c1-40(2,3)21-20-39-24-37-32-23-26(15-17-30(32)31(36-37)18-16-27-11-7-8-19-34-27)33(38)25-10-9-14-29(22-25)35-28-12-5-4-6-13-28/h4-19,22-23,35H,20-21,24H2,1-3H3/b18-16+. The van der Waals surface area contributed by atoms with Crippen LogP contribution in [-0.2, 0) is 11.5 Å². The number of nitrogens with zero attached hydrogens (tertiary/aromatic N) is 3. The highest BCUT2D eigenvalue weighted by molar-refractivity contribution is 6.76. The summed E-state index contributed by atoms with van der Waals surface area (Å²) in [7, 11) is -1.21. The van der Waals surface area contributed by atoms with Crippen molar-refractivity contribution in [1.82, 2.24) is 14.8 Å². The molecule has 0 radical (unpaired) electrons. The van der Waals surface area contributed by atoms with Crippen molar-refractivity contribution in [3.63, 3.8) is 0 Å². The molecule has 0 aliphatic heterocycles. The Labute approximate surface area is 236 Å². The van der Waals surface area contributed by atoms with Crippen LogP contribution in [0.3, 0.4) is 0 Å². The molecule has 0 fully saturated rings. The van der Waals surface area contributed by atoms with E-state index in [2.05, 4.69) is 29.9 Å². The lowest BCUT2D eigenvalue weighted by atomic mass is 10.0. The zero-order valence-electron chi connectivity index (χ0n) is 23.2. The molecule has 5 aromatic rings. The number of anilines is 2. The number of hydrogen-bond acceptors (Lipinski definition) is 5. The minimum atomic E-state index is -1.21. The Hall–Kier alpha value is -4.33. The first-order valence-corrected chi connectivity index (χ1v) is 17.2. The van der Waals surface area contributed by atoms with Crippen molar-refractivity contribution in [3.8, 4) is 0 Å². The molecule has 3 aromatic carbocycles. The van der Waals surface area contributed by atoms with Crippen LogP contribution in [0.15, 0.2) is 97.2 Å². The lowest BCUT2D eigenvalue weighted by molar-refractivity contribution is 0.0816. The lowest BCUT2D eigenvalue weighted by Crippen LogP contribution is -2.22. The zero-order valence-corrected chi connectivity index (χ0v) is 24.2. The SMILES string of the molecule is C[Si](C)(C)CCOCn1nc(/C=C/c2ccccn2)c2ccc(C(=O)c3cccc(Nc4ccccc4)c3)cc21. The highest BCUT2D eigenvalue weighted by Gasteiger charge is 2.16. The van der Waals surface area contributed by atoms with Crippen molar-refractivity contribution in [2.24, 2.45) is 0 Å². The van der Waals surface area contributed by atoms with Crippen LogP contribution in [-0.4, -0.2) is 35.2 Å². The number of nitrogens with one attached hydrogen (secondary N) is 1. The number of ether oxygens (including phenoxy) is 1. The maximum atomic E-state index is 13.6. The molecule has 0 aliphatic carbocycles. The minimum absolute atomic E-state index is 0.0448. The van der Waals surface area contributed by atoms with Gasteiger partial charge < -0.3 is 10.1 Å². The lowest BCUT2D eigenvalue weighted by Gasteiger charge is -2.15. The number of benzene rings is 3. The van der Waals surface area contributed by atoms with E-state index in [1.807, 2.05) is 108 Å². The second kappa shape index (κ2) is 12.2. The quantitative estimate of drug-likeness (QED) is 0.104. The molecule has 40 heavy (non-hydrogen) atoms. The van der Waals surface area contributed by atoms with Crippen LogP contribution in [0.1, 0.15) is 27.3 Å². The van der Waals surface area contributed by atoms with E-state index < -0.39 is 8.07 Å². The van der Waals surface area contributed by atoms with Crippen LogP contribution in [0.4, 0.5) is 11.4 Å². The van der Waals surface area contributed by atoms with Crippen LogP contribution < -0.4 is 5.32 Å². The van der Waals surface area contributed by atoms with Gasteiger partial charge in [-0.3, -0.25) is 9.78 Å². The summed E-state index contributed by atoms with van der Waals surface area (Å²) in [6, 6.07) is 30.2. The molecule has 6 nitrogen and oxygen atoms in total. The van der Waals surface area contributed by atoms with E-state index in [9.17, 15) is 4.79 Å². The molecule has 5 rings (SSSR count). The molecule has 0 spiro atoms. The van der Waals surface area contributed by atoms with Gasteiger partial charge >= 0.3 is 0 Å². The van der Waals surface area contributed by atoms with E-state index >= 15 is 0 Å². The average molecular weight is 547 g/mol. The summed E-state index contributed by atoms with van der Waals surface area (Å²) in [5.74, 6) is -0.0448. The second-order valence-electron chi connectivity index (χ2n) is 11.0. The van der Waals surface area contributed by atoms with Crippen molar-refractivity contribution in [2.75, 3.05) is 11.9 Å². The van der Waals surface area contributed by atoms with Crippen LogP contribution >= 0.6 is 0 Å². The highest BCUT2D eigenvalue weighted by Crippen LogP contribution is 2.25. The molecule has 2 heterocycles. The fourth-order valence-electron chi connectivity index (χ4n) is 4.32. The van der Waals surface area contributed by atoms with Crippen molar-refractivity contribution >= 4 is 48.3 Å². The minimum Gasteiger partial charge on any atom is -0.360 e. The van der Waals surface area contributed by atoms with Gasteiger partial charge in [0.05, 0.1) is 16.9 Å². The Morgan fingerprint density at radius 1 is 0.875 bits per heavy atom. The highest BCUT2D eigenvalue weighted by atomic mass is 28.3. The van der Waals surface area contributed by atoms with Crippen molar-refractivity contribution in [3.05, 3.63) is 120 Å². The third-order valence-corrected chi connectivity index (χ3v) is 8.24. The Morgan fingerprint density at radius 3 is 2.42 bits per heavy atom. The number of aromatic nitrogens is 3. The number of carbonyl (C=O) groups is 1. The fourth-order valence-corrected chi connectivity index (χ4v) is 5.08. The van der Waals surface area contributed by atoms with E-state index in [-0.39, 0.29) is 5.78 Å². The van der Waals surface area contributed by atoms with Crippen LogP contribution in [0.25, 0.3) is 23.1 Å². The van der Waals surface area contributed by atoms with Gasteiger partial charge in [0.1, 0.15) is 6.73 Å². The van der Waals surface area contributed by atoms with Crippen LogP contribution in [0, 0.1) is 0 Å². The number of para-hydroxylation sites is 1. The fraction of sp³-hybridized carbons (Fsp3) is 0.182. The van der Waals surface area contributed by atoms with Crippen LogP contribution in [0.2, 0.25) is 25.7 Å². The predicted molar refractivity (Wildman–Crippen MR) is 167 cm³/mol. The van der Waals surface area contributed by atoms with E-state index in [0.29, 0.717) is 24.5 Å². The van der Waals surface area contributed by atoms with Crippen molar-refractivity contribution < 1.29 is 9.53 Å². The molecule has 0 aliphatic rings.